The van der Waals surface area contributed by atoms with Crippen molar-refractivity contribution in [3.63, 3.8) is 0 Å². The molecule has 0 amide bonds. The number of rotatable bonds is 7. The number of carbonyl (C=O) groups excluding carboxylic acids is 2. The van der Waals surface area contributed by atoms with Gasteiger partial charge in [0.2, 0.25) is 0 Å². The first-order valence-corrected chi connectivity index (χ1v) is 12.3. The predicted molar refractivity (Wildman–Crippen MR) is 132 cm³/mol. The monoisotopic (exact) mass is 536 g/mol. The lowest BCUT2D eigenvalue weighted by Crippen LogP contribution is -2.39. The van der Waals surface area contributed by atoms with Crippen LogP contribution in [-0.4, -0.2) is 60.5 Å². The van der Waals surface area contributed by atoms with Crippen molar-refractivity contribution in [2.45, 2.75) is 43.5 Å². The van der Waals surface area contributed by atoms with Crippen molar-refractivity contribution in [1.82, 2.24) is 9.55 Å². The molecule has 1 N–H and O–H groups in total. The zero-order chi connectivity index (χ0) is 27.1. The van der Waals surface area contributed by atoms with E-state index in [2.05, 4.69) is 4.98 Å². The van der Waals surface area contributed by atoms with Crippen LogP contribution in [-0.2, 0) is 39.8 Å². The van der Waals surface area contributed by atoms with Gasteiger partial charge in [0.05, 0.1) is 5.69 Å². The van der Waals surface area contributed by atoms with Crippen molar-refractivity contribution < 1.29 is 38.0 Å². The summed E-state index contributed by atoms with van der Waals surface area (Å²) in [6, 6.07) is 16.9. The summed E-state index contributed by atoms with van der Waals surface area (Å²) < 4.78 is 33.7. The summed E-state index contributed by atoms with van der Waals surface area (Å²) in [6.45, 7) is -1.50. The first-order chi connectivity index (χ1) is 19.0. The molecule has 12 nitrogen and oxygen atoms in total. The van der Waals surface area contributed by atoms with E-state index in [1.807, 2.05) is 48.5 Å². The Hall–Kier alpha value is -4.10. The van der Waals surface area contributed by atoms with Gasteiger partial charge >= 0.3 is 11.8 Å². The maximum Gasteiger partial charge on any atom is 0.508 e. The van der Waals surface area contributed by atoms with E-state index in [-0.39, 0.29) is 18.2 Å². The lowest BCUT2D eigenvalue weighted by molar-refractivity contribution is -0.253. The van der Waals surface area contributed by atoms with Crippen LogP contribution in [0, 0.1) is 0 Å². The summed E-state index contributed by atoms with van der Waals surface area (Å²) in [5.74, 6) is -0.167. The zero-order valence-corrected chi connectivity index (χ0v) is 20.7. The highest BCUT2D eigenvalue weighted by atomic mass is 16.9. The standard InChI is InChI=1S/C27H24N2O10/c1-34-27-38-22-20(11-30)37-24(23(22)39-27)29-14(10-21(31)28-25(29)32)12-35-26(33)36-13-19-17-8-4-2-6-15(17)16-7-3-5-9-18(16)19/h2-11,19-20,22-24,27H,12-13H2,1H3,(H,28,31,32)/t20-,22-,23-,24-,27?/m1/s1. The number of nitrogens with zero attached hydrogens (tertiary/aromatic N) is 1. The second kappa shape index (κ2) is 10.2. The summed E-state index contributed by atoms with van der Waals surface area (Å²) in [6.07, 6.45) is -4.39. The molecule has 6 rings (SSSR count). The van der Waals surface area contributed by atoms with Gasteiger partial charge in [-0.2, -0.15) is 0 Å². The van der Waals surface area contributed by atoms with Gasteiger partial charge in [-0.15, -0.1) is 0 Å². The minimum absolute atomic E-state index is 0.0111. The number of aromatic nitrogens is 2. The molecule has 39 heavy (non-hydrogen) atoms. The lowest BCUT2D eigenvalue weighted by Gasteiger charge is -2.22. The third-order valence-corrected chi connectivity index (χ3v) is 7.07. The van der Waals surface area contributed by atoms with Crippen molar-refractivity contribution in [2.24, 2.45) is 0 Å². The SMILES string of the molecule is COC1O[C@@H]2[C@H](O1)[C@@H](C=O)O[C@H]2n1c(COC(=O)OCC2c3ccccc3-c3ccccc32)cc(=O)[nH]c1=O. The zero-order valence-electron chi connectivity index (χ0n) is 20.7. The number of aromatic amines is 1. The highest BCUT2D eigenvalue weighted by Gasteiger charge is 2.54. The minimum Gasteiger partial charge on any atom is -0.433 e. The van der Waals surface area contributed by atoms with Crippen LogP contribution >= 0.6 is 0 Å². The molecule has 0 spiro atoms. The second-order valence-electron chi connectivity index (χ2n) is 9.23. The van der Waals surface area contributed by atoms with E-state index in [1.165, 1.54) is 7.11 Å². The number of ether oxygens (including phenoxy) is 6. The molecule has 1 aliphatic carbocycles. The van der Waals surface area contributed by atoms with Crippen molar-refractivity contribution in [2.75, 3.05) is 13.7 Å². The van der Waals surface area contributed by atoms with Crippen LogP contribution < -0.4 is 11.2 Å². The van der Waals surface area contributed by atoms with Gasteiger partial charge in [-0.05, 0) is 22.3 Å². The van der Waals surface area contributed by atoms with Crippen molar-refractivity contribution in [3.05, 3.63) is 92.3 Å². The molecular weight excluding hydrogens is 512 g/mol. The lowest BCUT2D eigenvalue weighted by atomic mass is 9.98. The summed E-state index contributed by atoms with van der Waals surface area (Å²) in [4.78, 5) is 51.2. The average molecular weight is 536 g/mol. The first kappa shape index (κ1) is 25.2. The molecule has 12 heteroatoms. The Bertz CT molecular complexity index is 1490. The van der Waals surface area contributed by atoms with Crippen LogP contribution in [0.5, 0.6) is 0 Å². The Morgan fingerprint density at radius 2 is 1.64 bits per heavy atom. The van der Waals surface area contributed by atoms with Crippen LogP contribution in [0.25, 0.3) is 11.1 Å². The van der Waals surface area contributed by atoms with Gasteiger partial charge < -0.3 is 33.2 Å². The molecule has 0 radical (unpaired) electrons. The number of carbonyl (C=O) groups is 2. The topological polar surface area (TPSA) is 144 Å². The minimum atomic E-state index is -1.16. The van der Waals surface area contributed by atoms with E-state index in [4.69, 9.17) is 28.4 Å². The quantitative estimate of drug-likeness (QED) is 0.351. The van der Waals surface area contributed by atoms with Gasteiger partial charge in [0, 0.05) is 19.1 Å². The van der Waals surface area contributed by atoms with Crippen LogP contribution in [0.4, 0.5) is 4.79 Å². The average Bonchev–Trinajstić information content (AvgIpc) is 3.61. The van der Waals surface area contributed by atoms with Gasteiger partial charge in [0.15, 0.2) is 12.5 Å². The molecule has 3 aromatic rings. The molecule has 2 aliphatic heterocycles. The largest absolute Gasteiger partial charge is 0.508 e. The fourth-order valence-corrected chi connectivity index (χ4v) is 5.39. The Morgan fingerprint density at radius 1 is 0.974 bits per heavy atom. The summed E-state index contributed by atoms with van der Waals surface area (Å²) in [5.41, 5.74) is 2.72. The van der Waals surface area contributed by atoms with Gasteiger partial charge in [-0.3, -0.25) is 14.3 Å². The molecule has 2 saturated heterocycles. The number of hydrogen-bond donors (Lipinski definition) is 1. The number of benzene rings is 2. The van der Waals surface area contributed by atoms with Gasteiger partial charge in [-0.25, -0.2) is 9.59 Å². The van der Waals surface area contributed by atoms with Gasteiger partial charge in [0.25, 0.3) is 12.0 Å². The molecule has 2 aromatic carbocycles. The number of methoxy groups -OCH3 is 1. The van der Waals surface area contributed by atoms with Crippen LogP contribution in [0.2, 0.25) is 0 Å². The van der Waals surface area contributed by atoms with E-state index in [0.717, 1.165) is 32.9 Å². The van der Waals surface area contributed by atoms with Crippen LogP contribution in [0.1, 0.15) is 29.0 Å². The molecule has 0 saturated carbocycles. The Balaban J connectivity index is 1.18. The molecule has 5 atom stereocenters. The Kier molecular flexibility index (Phi) is 6.61. The molecule has 2 fully saturated rings. The van der Waals surface area contributed by atoms with Gasteiger partial charge in [-0.1, -0.05) is 48.5 Å². The molecule has 3 heterocycles. The molecular formula is C27H24N2O10. The smallest absolute Gasteiger partial charge is 0.433 e. The summed E-state index contributed by atoms with van der Waals surface area (Å²) >= 11 is 0. The van der Waals surface area contributed by atoms with Crippen LogP contribution in [0.15, 0.2) is 64.2 Å². The third kappa shape index (κ3) is 4.46. The predicted octanol–water partition coefficient (Wildman–Crippen LogP) is 1.81. The fraction of sp³-hybridized carbons (Fsp3) is 0.333. The van der Waals surface area contributed by atoms with Gasteiger partial charge in [0.1, 0.15) is 31.5 Å². The maximum absolute atomic E-state index is 12.8. The van der Waals surface area contributed by atoms with E-state index in [9.17, 15) is 19.2 Å². The third-order valence-electron chi connectivity index (χ3n) is 7.07. The highest BCUT2D eigenvalue weighted by molar-refractivity contribution is 5.79. The Morgan fingerprint density at radius 3 is 2.31 bits per heavy atom. The highest BCUT2D eigenvalue weighted by Crippen LogP contribution is 2.44. The summed E-state index contributed by atoms with van der Waals surface area (Å²) in [5, 5.41) is 0. The number of fused-ring (bicyclic) bond motifs is 4. The van der Waals surface area contributed by atoms with E-state index < -0.39 is 55.0 Å². The summed E-state index contributed by atoms with van der Waals surface area (Å²) in [7, 11) is 1.36. The van der Waals surface area contributed by atoms with E-state index >= 15 is 0 Å². The maximum atomic E-state index is 12.8. The first-order valence-electron chi connectivity index (χ1n) is 12.3. The molecule has 0 bridgehead atoms. The van der Waals surface area contributed by atoms with E-state index in [0.29, 0.717) is 6.29 Å². The molecule has 1 unspecified atom stereocenters. The fourth-order valence-electron chi connectivity index (χ4n) is 5.39. The normalized spacial score (nSPS) is 25.1. The van der Waals surface area contributed by atoms with Crippen molar-refractivity contribution in [1.29, 1.82) is 0 Å². The van der Waals surface area contributed by atoms with Crippen LogP contribution in [0.3, 0.4) is 0 Å². The van der Waals surface area contributed by atoms with E-state index in [1.54, 1.807) is 0 Å². The number of hydrogen-bond acceptors (Lipinski definition) is 10. The van der Waals surface area contributed by atoms with Crippen molar-refractivity contribution >= 4 is 12.4 Å². The second-order valence-corrected chi connectivity index (χ2v) is 9.23. The number of H-pyrrole nitrogens is 1. The molecule has 3 aliphatic rings. The molecule has 202 valence electrons. The number of nitrogens with one attached hydrogen (secondary N) is 1. The Labute approximate surface area is 221 Å². The molecule has 1 aromatic heterocycles. The van der Waals surface area contributed by atoms with Crippen molar-refractivity contribution in [3.8, 4) is 11.1 Å². The number of aldehydes is 1.